The topological polar surface area (TPSA) is 20.3 Å². The van der Waals surface area contributed by atoms with Crippen molar-refractivity contribution >= 4 is 21.8 Å². The van der Waals surface area contributed by atoms with Crippen molar-refractivity contribution in [2.24, 2.45) is 5.92 Å². The Morgan fingerprint density at radius 3 is 2.57 bits per heavy atom. The van der Waals surface area contributed by atoms with E-state index >= 15 is 0 Å². The van der Waals surface area contributed by atoms with E-state index in [9.17, 15) is 4.79 Å². The third-order valence-corrected chi connectivity index (χ3v) is 4.49. The van der Waals surface area contributed by atoms with Crippen LogP contribution in [-0.4, -0.2) is 28.2 Å². The summed E-state index contributed by atoms with van der Waals surface area (Å²) >= 11 is 3.44. The number of amides is 1. The second-order valence-electron chi connectivity index (χ2n) is 4.62. The van der Waals surface area contributed by atoms with Crippen LogP contribution in [-0.2, 0) is 4.79 Å². The Balaban J connectivity index is 2.03. The quantitative estimate of drug-likeness (QED) is 0.663. The first-order chi connectivity index (χ1) is 6.70. The van der Waals surface area contributed by atoms with Gasteiger partial charge in [0.2, 0.25) is 5.91 Å². The maximum absolute atomic E-state index is 11.8. The Labute approximate surface area is 94.2 Å². The van der Waals surface area contributed by atoms with Crippen LogP contribution in [0.4, 0.5) is 0 Å². The van der Waals surface area contributed by atoms with Gasteiger partial charge in [0.1, 0.15) is 0 Å². The fraction of sp³-hybridized carbons (Fsp3) is 0.909. The van der Waals surface area contributed by atoms with Gasteiger partial charge in [-0.3, -0.25) is 4.79 Å². The average molecular weight is 260 g/mol. The molecule has 14 heavy (non-hydrogen) atoms. The van der Waals surface area contributed by atoms with Gasteiger partial charge >= 0.3 is 0 Å². The zero-order valence-corrected chi connectivity index (χ0v) is 10.3. The summed E-state index contributed by atoms with van der Waals surface area (Å²) in [6.45, 7) is 3.25. The van der Waals surface area contributed by atoms with Gasteiger partial charge in [-0.25, -0.2) is 0 Å². The van der Waals surface area contributed by atoms with Gasteiger partial charge in [-0.15, -0.1) is 0 Å². The van der Waals surface area contributed by atoms with E-state index in [0.717, 1.165) is 13.0 Å². The molecule has 0 N–H and O–H groups in total. The maximum atomic E-state index is 11.8. The van der Waals surface area contributed by atoms with E-state index in [2.05, 4.69) is 27.8 Å². The molecule has 2 aliphatic rings. The van der Waals surface area contributed by atoms with Gasteiger partial charge in [-0.2, -0.15) is 0 Å². The van der Waals surface area contributed by atoms with Crippen molar-refractivity contribution in [3.05, 3.63) is 0 Å². The predicted molar refractivity (Wildman–Crippen MR) is 60.5 cm³/mol. The lowest BCUT2D eigenvalue weighted by Crippen LogP contribution is -2.43. The number of rotatable bonds is 1. The van der Waals surface area contributed by atoms with Crippen molar-refractivity contribution in [2.75, 3.05) is 6.54 Å². The summed E-state index contributed by atoms with van der Waals surface area (Å²) in [6.07, 6.45) is 6.14. The number of halogens is 1. The fourth-order valence-corrected chi connectivity index (χ4v) is 3.22. The molecular weight excluding hydrogens is 242 g/mol. The zero-order valence-electron chi connectivity index (χ0n) is 8.71. The van der Waals surface area contributed by atoms with Crippen molar-refractivity contribution in [1.82, 2.24) is 4.90 Å². The van der Waals surface area contributed by atoms with Crippen LogP contribution in [0.3, 0.4) is 0 Å². The molecule has 0 aromatic rings. The first kappa shape index (κ1) is 10.5. The standard InChI is InChI=1S/C11H18BrNO/c1-8-4-2-3-5-10(8)13-7-6-9(12)11(13)14/h8-10H,2-7H2,1H3. The van der Waals surface area contributed by atoms with Crippen LogP contribution >= 0.6 is 15.9 Å². The highest BCUT2D eigenvalue weighted by atomic mass is 79.9. The monoisotopic (exact) mass is 259 g/mol. The van der Waals surface area contributed by atoms with Gasteiger partial charge < -0.3 is 4.90 Å². The molecule has 0 aromatic heterocycles. The summed E-state index contributed by atoms with van der Waals surface area (Å²) in [7, 11) is 0. The fourth-order valence-electron chi connectivity index (χ4n) is 2.76. The minimum absolute atomic E-state index is 0.0941. The van der Waals surface area contributed by atoms with Crippen LogP contribution in [0.1, 0.15) is 39.0 Å². The normalized spacial score (nSPS) is 39.1. The van der Waals surface area contributed by atoms with Crippen LogP contribution in [0.15, 0.2) is 0 Å². The maximum Gasteiger partial charge on any atom is 0.236 e. The Bertz CT molecular complexity index is 231. The summed E-state index contributed by atoms with van der Waals surface area (Å²) in [4.78, 5) is 14.0. The Kier molecular flexibility index (Phi) is 3.15. The molecule has 1 aliphatic heterocycles. The second-order valence-corrected chi connectivity index (χ2v) is 5.72. The lowest BCUT2D eigenvalue weighted by molar-refractivity contribution is -0.130. The predicted octanol–water partition coefficient (Wildman–Crippen LogP) is 2.56. The molecule has 80 valence electrons. The number of nitrogens with zero attached hydrogens (tertiary/aromatic N) is 1. The van der Waals surface area contributed by atoms with Gasteiger partial charge in [0.15, 0.2) is 0 Å². The lowest BCUT2D eigenvalue weighted by Gasteiger charge is -2.36. The largest absolute Gasteiger partial charge is 0.338 e. The minimum atomic E-state index is 0.0941. The highest BCUT2D eigenvalue weighted by Crippen LogP contribution is 2.32. The first-order valence-corrected chi connectivity index (χ1v) is 6.56. The van der Waals surface area contributed by atoms with Gasteiger partial charge in [0, 0.05) is 12.6 Å². The lowest BCUT2D eigenvalue weighted by atomic mass is 9.85. The summed E-state index contributed by atoms with van der Waals surface area (Å²) in [5.74, 6) is 1.02. The molecule has 1 amide bonds. The number of likely N-dealkylation sites (tertiary alicyclic amines) is 1. The van der Waals surface area contributed by atoms with E-state index in [1.54, 1.807) is 0 Å². The van der Waals surface area contributed by atoms with Gasteiger partial charge in [0.25, 0.3) is 0 Å². The summed E-state index contributed by atoms with van der Waals surface area (Å²) in [6, 6.07) is 0.527. The third-order valence-electron chi connectivity index (χ3n) is 3.64. The first-order valence-electron chi connectivity index (χ1n) is 5.64. The molecule has 0 aromatic carbocycles. The number of alkyl halides is 1. The molecule has 0 radical (unpaired) electrons. The second kappa shape index (κ2) is 4.21. The highest BCUT2D eigenvalue weighted by Gasteiger charge is 2.37. The minimum Gasteiger partial charge on any atom is -0.338 e. The molecule has 1 saturated carbocycles. The van der Waals surface area contributed by atoms with Crippen LogP contribution in [0.25, 0.3) is 0 Å². The van der Waals surface area contributed by atoms with Gasteiger partial charge in [0.05, 0.1) is 4.83 Å². The molecule has 3 unspecified atom stereocenters. The number of carbonyl (C=O) groups excluding carboxylic acids is 1. The van der Waals surface area contributed by atoms with E-state index < -0.39 is 0 Å². The summed E-state index contributed by atoms with van der Waals surface area (Å²) in [5, 5.41) is 0. The molecule has 3 atom stereocenters. The molecule has 2 fully saturated rings. The molecular formula is C11H18BrNO. The molecule has 2 nitrogen and oxygen atoms in total. The Morgan fingerprint density at radius 1 is 1.29 bits per heavy atom. The number of hydrogen-bond acceptors (Lipinski definition) is 1. The zero-order chi connectivity index (χ0) is 10.1. The molecule has 2 rings (SSSR count). The van der Waals surface area contributed by atoms with Crippen molar-refractivity contribution in [3.63, 3.8) is 0 Å². The van der Waals surface area contributed by atoms with Crippen molar-refractivity contribution < 1.29 is 4.79 Å². The number of carbonyl (C=O) groups is 1. The molecule has 1 saturated heterocycles. The van der Waals surface area contributed by atoms with Crippen LogP contribution in [0, 0.1) is 5.92 Å². The average Bonchev–Trinajstić information content (AvgIpc) is 2.49. The van der Waals surface area contributed by atoms with Crippen molar-refractivity contribution in [1.29, 1.82) is 0 Å². The Hall–Kier alpha value is -0.0500. The molecule has 1 heterocycles. The molecule has 1 aliphatic carbocycles. The van der Waals surface area contributed by atoms with Crippen LogP contribution in [0.2, 0.25) is 0 Å². The van der Waals surface area contributed by atoms with E-state index in [1.807, 2.05) is 0 Å². The number of hydrogen-bond donors (Lipinski definition) is 0. The smallest absolute Gasteiger partial charge is 0.236 e. The summed E-state index contributed by atoms with van der Waals surface area (Å²) < 4.78 is 0. The molecule has 0 spiro atoms. The SMILES string of the molecule is CC1CCCCC1N1CCC(Br)C1=O. The summed E-state index contributed by atoms with van der Waals surface area (Å²) in [5.41, 5.74) is 0. The van der Waals surface area contributed by atoms with E-state index in [0.29, 0.717) is 17.9 Å². The van der Waals surface area contributed by atoms with E-state index in [-0.39, 0.29) is 4.83 Å². The molecule has 0 bridgehead atoms. The van der Waals surface area contributed by atoms with Crippen molar-refractivity contribution in [2.45, 2.75) is 49.9 Å². The Morgan fingerprint density at radius 2 is 2.00 bits per heavy atom. The van der Waals surface area contributed by atoms with Crippen LogP contribution in [0.5, 0.6) is 0 Å². The van der Waals surface area contributed by atoms with Crippen LogP contribution < -0.4 is 0 Å². The van der Waals surface area contributed by atoms with E-state index in [4.69, 9.17) is 0 Å². The van der Waals surface area contributed by atoms with Gasteiger partial charge in [-0.1, -0.05) is 35.7 Å². The third kappa shape index (κ3) is 1.83. The molecule has 3 heteroatoms. The van der Waals surface area contributed by atoms with Gasteiger partial charge in [-0.05, 0) is 25.2 Å². The highest BCUT2D eigenvalue weighted by molar-refractivity contribution is 9.10. The van der Waals surface area contributed by atoms with E-state index in [1.165, 1.54) is 25.7 Å². The van der Waals surface area contributed by atoms with Crippen molar-refractivity contribution in [3.8, 4) is 0 Å².